The van der Waals surface area contributed by atoms with Crippen molar-refractivity contribution in [3.63, 3.8) is 0 Å². The highest BCUT2D eigenvalue weighted by atomic mass is 32.2. The molecule has 0 spiro atoms. The van der Waals surface area contributed by atoms with E-state index in [0.29, 0.717) is 18.7 Å². The molecule has 0 heterocycles. The zero-order valence-corrected chi connectivity index (χ0v) is 14.9. The van der Waals surface area contributed by atoms with E-state index in [-0.39, 0.29) is 5.12 Å². The minimum Gasteiger partial charge on any atom is -0.444 e. The number of nitrogens with one attached hydrogen (secondary N) is 1. The Bertz CT molecular complexity index is 609. The molecule has 1 aromatic rings. The summed E-state index contributed by atoms with van der Waals surface area (Å²) in [7, 11) is 0. The standard InChI is InChI=1S/C18H23NO3S/c1-14(20)23-11-6-5-8-15-9-7-10-16(12-15)13-19-17(21)22-18(2,3)4/h7,9-10,12H,6,11,13H2,1-4H3,(H,19,21). The minimum atomic E-state index is -0.505. The smallest absolute Gasteiger partial charge is 0.407 e. The first-order valence-electron chi connectivity index (χ1n) is 7.44. The normalized spacial score (nSPS) is 10.4. The van der Waals surface area contributed by atoms with Gasteiger partial charge in [0.1, 0.15) is 5.60 Å². The summed E-state index contributed by atoms with van der Waals surface area (Å²) in [5.41, 5.74) is 1.34. The zero-order chi connectivity index (χ0) is 17.3. The van der Waals surface area contributed by atoms with Crippen LogP contribution in [-0.4, -0.2) is 22.6 Å². The summed E-state index contributed by atoms with van der Waals surface area (Å²) in [6.07, 6.45) is 0.236. The van der Waals surface area contributed by atoms with Gasteiger partial charge in [-0.15, -0.1) is 0 Å². The van der Waals surface area contributed by atoms with Gasteiger partial charge >= 0.3 is 6.09 Å². The highest BCUT2D eigenvalue weighted by Crippen LogP contribution is 2.08. The van der Waals surface area contributed by atoms with E-state index in [2.05, 4.69) is 17.2 Å². The van der Waals surface area contributed by atoms with Crippen molar-refractivity contribution in [3.05, 3.63) is 35.4 Å². The Morgan fingerprint density at radius 1 is 1.30 bits per heavy atom. The molecule has 0 aliphatic rings. The van der Waals surface area contributed by atoms with E-state index in [1.807, 2.05) is 45.0 Å². The monoisotopic (exact) mass is 333 g/mol. The fraction of sp³-hybridized carbons (Fsp3) is 0.444. The van der Waals surface area contributed by atoms with Crippen LogP contribution in [0.5, 0.6) is 0 Å². The van der Waals surface area contributed by atoms with E-state index < -0.39 is 11.7 Å². The third kappa shape index (κ3) is 9.64. The van der Waals surface area contributed by atoms with Crippen molar-refractivity contribution in [3.8, 4) is 11.8 Å². The van der Waals surface area contributed by atoms with Gasteiger partial charge in [-0.3, -0.25) is 4.79 Å². The molecule has 0 atom stereocenters. The van der Waals surface area contributed by atoms with Crippen LogP contribution in [0.15, 0.2) is 24.3 Å². The van der Waals surface area contributed by atoms with Gasteiger partial charge < -0.3 is 10.1 Å². The Balaban J connectivity index is 2.49. The molecule has 0 bridgehead atoms. The molecule has 0 saturated heterocycles. The van der Waals surface area contributed by atoms with Gasteiger partial charge in [0.05, 0.1) is 0 Å². The summed E-state index contributed by atoms with van der Waals surface area (Å²) in [6.45, 7) is 7.43. The summed E-state index contributed by atoms with van der Waals surface area (Å²) in [4.78, 5) is 22.4. The van der Waals surface area contributed by atoms with Crippen LogP contribution in [0, 0.1) is 11.8 Å². The molecule has 0 aromatic heterocycles. The molecule has 1 N–H and O–H groups in total. The fourth-order valence-corrected chi connectivity index (χ4v) is 2.15. The lowest BCUT2D eigenvalue weighted by Crippen LogP contribution is -2.32. The molecule has 0 saturated carbocycles. The molecule has 1 rings (SSSR count). The third-order valence-corrected chi connectivity index (χ3v) is 3.34. The number of alkyl carbamates (subject to hydrolysis) is 1. The van der Waals surface area contributed by atoms with Gasteiger partial charge in [0.2, 0.25) is 0 Å². The van der Waals surface area contributed by atoms with Gasteiger partial charge in [0.15, 0.2) is 5.12 Å². The molecule has 0 aliphatic carbocycles. The second-order valence-electron chi connectivity index (χ2n) is 5.95. The second-order valence-corrected chi connectivity index (χ2v) is 7.22. The topological polar surface area (TPSA) is 55.4 Å². The first-order chi connectivity index (χ1) is 10.8. The van der Waals surface area contributed by atoms with Crippen molar-refractivity contribution in [2.24, 2.45) is 0 Å². The van der Waals surface area contributed by atoms with Gasteiger partial charge in [0.25, 0.3) is 0 Å². The van der Waals surface area contributed by atoms with Crippen molar-refractivity contribution >= 4 is 23.0 Å². The Morgan fingerprint density at radius 2 is 2.04 bits per heavy atom. The molecule has 0 radical (unpaired) electrons. The first-order valence-corrected chi connectivity index (χ1v) is 8.43. The van der Waals surface area contributed by atoms with Gasteiger partial charge in [-0.2, -0.15) is 0 Å². The zero-order valence-electron chi connectivity index (χ0n) is 14.1. The predicted molar refractivity (Wildman–Crippen MR) is 94.1 cm³/mol. The van der Waals surface area contributed by atoms with Crippen LogP contribution in [0.4, 0.5) is 4.79 Å². The van der Waals surface area contributed by atoms with E-state index >= 15 is 0 Å². The third-order valence-electron chi connectivity index (χ3n) is 2.53. The van der Waals surface area contributed by atoms with E-state index in [0.717, 1.165) is 11.1 Å². The molecule has 4 nitrogen and oxygen atoms in total. The number of rotatable bonds is 4. The number of carbonyl (C=O) groups excluding carboxylic acids is 2. The molecule has 5 heteroatoms. The van der Waals surface area contributed by atoms with E-state index in [4.69, 9.17) is 4.74 Å². The van der Waals surface area contributed by atoms with Crippen molar-refractivity contribution in [1.82, 2.24) is 5.32 Å². The Kier molecular flexibility index (Phi) is 7.70. The largest absolute Gasteiger partial charge is 0.444 e. The maximum Gasteiger partial charge on any atom is 0.407 e. The average Bonchev–Trinajstić information content (AvgIpc) is 2.43. The van der Waals surface area contributed by atoms with Crippen LogP contribution < -0.4 is 5.32 Å². The summed E-state index contributed by atoms with van der Waals surface area (Å²) >= 11 is 1.28. The Morgan fingerprint density at radius 3 is 2.70 bits per heavy atom. The number of carbonyl (C=O) groups is 2. The highest BCUT2D eigenvalue weighted by molar-refractivity contribution is 8.13. The SMILES string of the molecule is CC(=O)SCCC#Cc1cccc(CNC(=O)OC(C)(C)C)c1. The molecular formula is C18H23NO3S. The minimum absolute atomic E-state index is 0.113. The van der Waals surface area contributed by atoms with Crippen molar-refractivity contribution in [2.45, 2.75) is 46.3 Å². The van der Waals surface area contributed by atoms with Gasteiger partial charge in [-0.25, -0.2) is 4.79 Å². The van der Waals surface area contributed by atoms with E-state index in [9.17, 15) is 9.59 Å². The summed E-state index contributed by atoms with van der Waals surface area (Å²) in [5, 5.41) is 2.83. The summed E-state index contributed by atoms with van der Waals surface area (Å²) in [6, 6.07) is 7.68. The molecule has 0 unspecified atom stereocenters. The lowest BCUT2D eigenvalue weighted by atomic mass is 10.1. The van der Waals surface area contributed by atoms with Crippen LogP contribution in [0.3, 0.4) is 0 Å². The summed E-state index contributed by atoms with van der Waals surface area (Å²) < 4.78 is 5.19. The van der Waals surface area contributed by atoms with Gasteiger partial charge in [-0.05, 0) is 38.5 Å². The van der Waals surface area contributed by atoms with Crippen molar-refractivity contribution in [1.29, 1.82) is 0 Å². The Hall–Kier alpha value is -1.93. The van der Waals surface area contributed by atoms with Crippen LogP contribution >= 0.6 is 11.8 Å². The highest BCUT2D eigenvalue weighted by Gasteiger charge is 2.15. The lowest BCUT2D eigenvalue weighted by Gasteiger charge is -2.19. The lowest BCUT2D eigenvalue weighted by molar-refractivity contribution is -0.109. The molecule has 124 valence electrons. The van der Waals surface area contributed by atoms with Gasteiger partial charge in [0, 0.05) is 31.2 Å². The Labute approximate surface area is 142 Å². The maximum absolute atomic E-state index is 11.6. The van der Waals surface area contributed by atoms with E-state index in [1.165, 1.54) is 11.8 Å². The molecule has 23 heavy (non-hydrogen) atoms. The van der Waals surface area contributed by atoms with Crippen molar-refractivity contribution < 1.29 is 14.3 Å². The van der Waals surface area contributed by atoms with Crippen LogP contribution in [0.25, 0.3) is 0 Å². The molecule has 0 aliphatic heterocycles. The average molecular weight is 333 g/mol. The fourth-order valence-electron chi connectivity index (χ4n) is 1.66. The van der Waals surface area contributed by atoms with Crippen LogP contribution in [-0.2, 0) is 16.1 Å². The van der Waals surface area contributed by atoms with Crippen molar-refractivity contribution in [2.75, 3.05) is 5.75 Å². The molecule has 0 fully saturated rings. The summed E-state index contributed by atoms with van der Waals surface area (Å²) in [5.74, 6) is 6.82. The number of benzene rings is 1. The maximum atomic E-state index is 11.6. The number of ether oxygens (including phenoxy) is 1. The van der Waals surface area contributed by atoms with Crippen LogP contribution in [0.2, 0.25) is 0 Å². The number of hydrogen-bond donors (Lipinski definition) is 1. The van der Waals surface area contributed by atoms with Crippen LogP contribution in [0.1, 0.15) is 45.2 Å². The molecule has 1 aromatic carbocycles. The van der Waals surface area contributed by atoms with E-state index in [1.54, 1.807) is 6.92 Å². The second kappa shape index (κ2) is 9.26. The van der Waals surface area contributed by atoms with Gasteiger partial charge in [-0.1, -0.05) is 35.7 Å². The number of amides is 1. The number of hydrogen-bond acceptors (Lipinski definition) is 4. The molecular weight excluding hydrogens is 310 g/mol. The quantitative estimate of drug-likeness (QED) is 0.674. The first kappa shape index (κ1) is 19.1. The number of thioether (sulfide) groups is 1. The predicted octanol–water partition coefficient (Wildman–Crippen LogP) is 3.73. The molecule has 1 amide bonds.